The van der Waals surface area contributed by atoms with Gasteiger partial charge in [-0.25, -0.2) is 4.98 Å². The van der Waals surface area contributed by atoms with E-state index in [1.54, 1.807) is 7.11 Å². The van der Waals surface area contributed by atoms with Gasteiger partial charge in [-0.1, -0.05) is 68.1 Å². The van der Waals surface area contributed by atoms with Gasteiger partial charge in [-0.15, -0.1) is 0 Å². The van der Waals surface area contributed by atoms with Gasteiger partial charge in [0.1, 0.15) is 16.8 Å². The van der Waals surface area contributed by atoms with Crippen LogP contribution in [0.3, 0.4) is 0 Å². The summed E-state index contributed by atoms with van der Waals surface area (Å²) in [5, 5.41) is 10.7. The van der Waals surface area contributed by atoms with Crippen molar-refractivity contribution < 1.29 is 9.53 Å². The molecule has 34 heavy (non-hydrogen) atoms. The summed E-state index contributed by atoms with van der Waals surface area (Å²) in [5.41, 5.74) is 3.94. The normalized spacial score (nSPS) is 17.8. The van der Waals surface area contributed by atoms with Crippen molar-refractivity contribution in [2.45, 2.75) is 25.3 Å². The van der Waals surface area contributed by atoms with Crippen LogP contribution in [0, 0.1) is 23.2 Å². The van der Waals surface area contributed by atoms with Crippen LogP contribution in [0.2, 0.25) is 0 Å². The third-order valence-corrected chi connectivity index (χ3v) is 7.08. The van der Waals surface area contributed by atoms with E-state index in [9.17, 15) is 10.1 Å². The Kier molecular flexibility index (Phi) is 7.54. The van der Waals surface area contributed by atoms with Crippen LogP contribution in [0.1, 0.15) is 25.8 Å². The second-order valence-corrected chi connectivity index (χ2v) is 9.94. The van der Waals surface area contributed by atoms with Gasteiger partial charge in [0.25, 0.3) is 0 Å². The molecule has 1 saturated heterocycles. The Balaban J connectivity index is 1.69. The molecule has 174 valence electrons. The number of likely N-dealkylation sites (tertiary alicyclic amines) is 1. The Hall–Kier alpha value is -3.30. The third-order valence-electron chi connectivity index (χ3n) is 6.12. The van der Waals surface area contributed by atoms with Crippen LogP contribution in [0.4, 0.5) is 0 Å². The molecule has 1 aromatic heterocycles. The van der Waals surface area contributed by atoms with Gasteiger partial charge in [0.2, 0.25) is 5.91 Å². The number of aromatic nitrogens is 1. The fraction of sp³-hybridized carbons (Fsp3) is 0.321. The fourth-order valence-corrected chi connectivity index (χ4v) is 5.48. The number of rotatable bonds is 6. The second kappa shape index (κ2) is 10.8. The van der Waals surface area contributed by atoms with E-state index < -0.39 is 0 Å². The van der Waals surface area contributed by atoms with E-state index in [0.29, 0.717) is 22.4 Å². The van der Waals surface area contributed by atoms with E-state index >= 15 is 0 Å². The van der Waals surface area contributed by atoms with Crippen LogP contribution in [0.25, 0.3) is 22.4 Å². The molecule has 0 radical (unpaired) electrons. The molecule has 0 spiro atoms. The van der Waals surface area contributed by atoms with E-state index in [1.807, 2.05) is 65.6 Å². The lowest BCUT2D eigenvalue weighted by Crippen LogP contribution is -2.43. The third kappa shape index (κ3) is 5.43. The summed E-state index contributed by atoms with van der Waals surface area (Å²) < 4.78 is 5.29. The smallest absolute Gasteiger partial charge is 0.233 e. The Morgan fingerprint density at radius 2 is 1.76 bits per heavy atom. The maximum atomic E-state index is 13.0. The number of amides is 1. The molecule has 1 fully saturated rings. The van der Waals surface area contributed by atoms with Gasteiger partial charge in [-0.05, 0) is 42.0 Å². The van der Waals surface area contributed by atoms with Crippen molar-refractivity contribution >= 4 is 17.7 Å². The topological polar surface area (TPSA) is 66.2 Å². The molecule has 2 unspecified atom stereocenters. The minimum atomic E-state index is 0.102. The molecule has 1 aliphatic rings. The maximum Gasteiger partial charge on any atom is 0.233 e. The summed E-state index contributed by atoms with van der Waals surface area (Å²) in [5.74, 6) is 2.14. The number of thioether (sulfide) groups is 1. The van der Waals surface area contributed by atoms with Crippen molar-refractivity contribution in [3.8, 4) is 34.2 Å². The standard InChI is InChI=1S/C28H29N3O2S/c1-19-13-20(2)17-31(16-19)27(32)18-34-28-25(15-29)24(21-9-11-23(33-3)12-10-21)14-26(30-28)22-7-5-4-6-8-22/h4-12,14,19-20H,13,16-18H2,1-3H3. The minimum Gasteiger partial charge on any atom is -0.497 e. The van der Waals surface area contributed by atoms with E-state index in [4.69, 9.17) is 9.72 Å². The molecule has 1 amide bonds. The first kappa shape index (κ1) is 23.8. The molecule has 6 heteroatoms. The summed E-state index contributed by atoms with van der Waals surface area (Å²) in [7, 11) is 1.63. The van der Waals surface area contributed by atoms with Gasteiger partial charge in [-0.2, -0.15) is 5.26 Å². The lowest BCUT2D eigenvalue weighted by molar-refractivity contribution is -0.130. The van der Waals surface area contributed by atoms with Crippen molar-refractivity contribution in [1.82, 2.24) is 9.88 Å². The highest BCUT2D eigenvalue weighted by Gasteiger charge is 2.26. The highest BCUT2D eigenvalue weighted by atomic mass is 32.2. The van der Waals surface area contributed by atoms with Crippen LogP contribution in [0.15, 0.2) is 65.7 Å². The number of methoxy groups -OCH3 is 1. The summed E-state index contributed by atoms with van der Waals surface area (Å²) in [6.07, 6.45) is 1.15. The average molecular weight is 472 g/mol. The lowest BCUT2D eigenvalue weighted by Gasteiger charge is -2.35. The van der Waals surface area contributed by atoms with Gasteiger partial charge in [-0.3, -0.25) is 4.79 Å². The Bertz CT molecular complexity index is 1180. The zero-order valence-corrected chi connectivity index (χ0v) is 20.6. The predicted octanol–water partition coefficient (Wildman–Crippen LogP) is 5.89. The molecule has 4 rings (SSSR count). The molecule has 2 aromatic carbocycles. The Morgan fingerprint density at radius 3 is 2.38 bits per heavy atom. The van der Waals surface area contributed by atoms with E-state index in [0.717, 1.165) is 47.6 Å². The van der Waals surface area contributed by atoms with Crippen molar-refractivity contribution in [3.63, 3.8) is 0 Å². The van der Waals surface area contributed by atoms with Crippen LogP contribution >= 0.6 is 11.8 Å². The number of nitrogens with zero attached hydrogens (tertiary/aromatic N) is 3. The first-order chi connectivity index (χ1) is 16.5. The van der Waals surface area contributed by atoms with Crippen molar-refractivity contribution in [1.29, 1.82) is 5.26 Å². The largest absolute Gasteiger partial charge is 0.497 e. The van der Waals surface area contributed by atoms with E-state index in [-0.39, 0.29) is 11.7 Å². The maximum absolute atomic E-state index is 13.0. The summed E-state index contributed by atoms with van der Waals surface area (Å²) in [6.45, 7) is 5.98. The van der Waals surface area contributed by atoms with E-state index in [1.165, 1.54) is 11.8 Å². The molecule has 0 aliphatic carbocycles. The van der Waals surface area contributed by atoms with E-state index in [2.05, 4.69) is 19.9 Å². The average Bonchev–Trinajstić information content (AvgIpc) is 2.86. The summed E-state index contributed by atoms with van der Waals surface area (Å²) >= 11 is 1.35. The number of carbonyl (C=O) groups is 1. The number of benzene rings is 2. The van der Waals surface area contributed by atoms with Crippen LogP contribution < -0.4 is 4.74 Å². The zero-order valence-electron chi connectivity index (χ0n) is 19.8. The van der Waals surface area contributed by atoms with Crippen molar-refractivity contribution in [3.05, 3.63) is 66.2 Å². The van der Waals surface area contributed by atoms with Crippen molar-refractivity contribution in [2.75, 3.05) is 26.0 Å². The van der Waals surface area contributed by atoms with Crippen LogP contribution in [0.5, 0.6) is 5.75 Å². The number of hydrogen-bond donors (Lipinski definition) is 0. The van der Waals surface area contributed by atoms with Crippen LogP contribution in [-0.4, -0.2) is 41.7 Å². The molecule has 2 atom stereocenters. The highest BCUT2D eigenvalue weighted by Crippen LogP contribution is 2.35. The number of piperidine rings is 1. The summed E-state index contributed by atoms with van der Waals surface area (Å²) in [6, 6.07) is 21.9. The number of ether oxygens (including phenoxy) is 1. The Labute approximate surface area is 205 Å². The SMILES string of the molecule is COc1ccc(-c2cc(-c3ccccc3)nc(SCC(=O)N3CC(C)CC(C)C3)c2C#N)cc1. The number of pyridine rings is 1. The number of carbonyl (C=O) groups excluding carboxylic acids is 1. The van der Waals surface area contributed by atoms with Gasteiger partial charge in [0.15, 0.2) is 0 Å². The molecule has 2 heterocycles. The fourth-order valence-electron chi connectivity index (χ4n) is 4.58. The zero-order chi connectivity index (χ0) is 24.1. The quantitative estimate of drug-likeness (QED) is 0.419. The second-order valence-electron chi connectivity index (χ2n) is 8.97. The molecule has 5 nitrogen and oxygen atoms in total. The monoisotopic (exact) mass is 471 g/mol. The molecular weight excluding hydrogens is 442 g/mol. The van der Waals surface area contributed by atoms with Crippen LogP contribution in [-0.2, 0) is 4.79 Å². The first-order valence-corrected chi connectivity index (χ1v) is 12.5. The highest BCUT2D eigenvalue weighted by molar-refractivity contribution is 8.00. The predicted molar refractivity (Wildman–Crippen MR) is 137 cm³/mol. The Morgan fingerprint density at radius 1 is 1.09 bits per heavy atom. The molecule has 0 saturated carbocycles. The van der Waals surface area contributed by atoms with Gasteiger partial charge in [0, 0.05) is 24.2 Å². The summed E-state index contributed by atoms with van der Waals surface area (Å²) in [4.78, 5) is 19.8. The molecule has 0 N–H and O–H groups in total. The first-order valence-electron chi connectivity index (χ1n) is 11.5. The van der Waals surface area contributed by atoms with Gasteiger partial charge < -0.3 is 9.64 Å². The number of nitriles is 1. The van der Waals surface area contributed by atoms with Gasteiger partial charge >= 0.3 is 0 Å². The van der Waals surface area contributed by atoms with Crippen molar-refractivity contribution in [2.24, 2.45) is 11.8 Å². The number of hydrogen-bond acceptors (Lipinski definition) is 5. The van der Waals surface area contributed by atoms with Gasteiger partial charge in [0.05, 0.1) is 24.1 Å². The molecule has 0 bridgehead atoms. The molecule has 1 aliphatic heterocycles. The lowest BCUT2D eigenvalue weighted by atomic mass is 9.92. The molecular formula is C28H29N3O2S. The molecule has 3 aromatic rings. The minimum absolute atomic E-state index is 0.102.